The minimum absolute atomic E-state index is 0.0631. The van der Waals surface area contributed by atoms with Gasteiger partial charge in [0.25, 0.3) is 5.91 Å². The number of carbonyl (C=O) groups is 2. The molecule has 0 atom stereocenters. The standard InChI is InChI=1S/2C8H16N2O/c1-7(2)8(11)9-5-6-10(3)4;1-4-5-6-7(8(9)11)10(2)3/h1,5-6H2,2-4H3,(H,9,11);6H,4-5H2,1-3H3,(H2,9,11)/b;7-6+. The van der Waals surface area contributed by atoms with Crippen LogP contribution in [0, 0.1) is 0 Å². The fourth-order valence-electron chi connectivity index (χ4n) is 1.33. The summed E-state index contributed by atoms with van der Waals surface area (Å²) < 4.78 is 0. The zero-order valence-electron chi connectivity index (χ0n) is 14.9. The molecule has 6 heteroatoms. The fourth-order valence-corrected chi connectivity index (χ4v) is 1.33. The van der Waals surface area contributed by atoms with Crippen molar-refractivity contribution in [3.05, 3.63) is 23.9 Å². The number of rotatable bonds is 8. The summed E-state index contributed by atoms with van der Waals surface area (Å²) in [4.78, 5) is 25.4. The molecule has 0 aromatic heterocycles. The third-order valence-corrected chi connectivity index (χ3v) is 2.59. The zero-order valence-corrected chi connectivity index (χ0v) is 14.9. The van der Waals surface area contributed by atoms with Crippen LogP contribution in [0.2, 0.25) is 0 Å². The Balaban J connectivity index is 0. The second-order valence-electron chi connectivity index (χ2n) is 5.48. The lowest BCUT2D eigenvalue weighted by atomic mass is 10.2. The predicted molar refractivity (Wildman–Crippen MR) is 92.3 cm³/mol. The van der Waals surface area contributed by atoms with Crippen molar-refractivity contribution in [2.75, 3.05) is 41.3 Å². The third kappa shape index (κ3) is 13.2. The molecular formula is C16H32N4O2. The van der Waals surface area contributed by atoms with E-state index < -0.39 is 0 Å². The molecule has 0 aliphatic carbocycles. The van der Waals surface area contributed by atoms with Crippen LogP contribution in [0.4, 0.5) is 0 Å². The Labute approximate surface area is 135 Å². The van der Waals surface area contributed by atoms with Crippen LogP contribution in [0.1, 0.15) is 26.7 Å². The topological polar surface area (TPSA) is 78.7 Å². The molecule has 0 aliphatic heterocycles. The van der Waals surface area contributed by atoms with Crippen LogP contribution in [0.15, 0.2) is 23.9 Å². The molecule has 0 heterocycles. The highest BCUT2D eigenvalue weighted by Crippen LogP contribution is 2.00. The van der Waals surface area contributed by atoms with Crippen molar-refractivity contribution < 1.29 is 9.59 Å². The van der Waals surface area contributed by atoms with Gasteiger partial charge in [0.05, 0.1) is 5.70 Å². The molecule has 0 saturated heterocycles. The van der Waals surface area contributed by atoms with E-state index in [4.69, 9.17) is 5.73 Å². The van der Waals surface area contributed by atoms with Crippen molar-refractivity contribution >= 4 is 11.8 Å². The second-order valence-corrected chi connectivity index (χ2v) is 5.48. The first-order valence-electron chi connectivity index (χ1n) is 7.39. The fraction of sp³-hybridized carbons (Fsp3) is 0.625. The molecule has 0 spiro atoms. The number of amides is 2. The largest absolute Gasteiger partial charge is 0.373 e. The molecule has 0 rings (SSSR count). The first-order valence-corrected chi connectivity index (χ1v) is 7.39. The van der Waals surface area contributed by atoms with Gasteiger partial charge in [0, 0.05) is 32.8 Å². The molecule has 3 N–H and O–H groups in total. The number of nitrogens with two attached hydrogens (primary N) is 1. The van der Waals surface area contributed by atoms with Crippen LogP contribution < -0.4 is 11.1 Å². The third-order valence-electron chi connectivity index (χ3n) is 2.59. The number of nitrogens with zero attached hydrogens (tertiary/aromatic N) is 2. The molecule has 0 aliphatic rings. The van der Waals surface area contributed by atoms with Gasteiger partial charge in [0.15, 0.2) is 0 Å². The molecule has 0 aromatic rings. The Morgan fingerprint density at radius 2 is 1.77 bits per heavy atom. The Morgan fingerprint density at radius 1 is 1.23 bits per heavy atom. The number of likely N-dealkylation sites (N-methyl/N-ethyl adjacent to an activating group) is 2. The first-order chi connectivity index (χ1) is 10.1. The van der Waals surface area contributed by atoms with E-state index in [-0.39, 0.29) is 11.8 Å². The maximum atomic E-state index is 10.9. The van der Waals surface area contributed by atoms with E-state index in [9.17, 15) is 9.59 Å². The van der Waals surface area contributed by atoms with Crippen molar-refractivity contribution in [2.24, 2.45) is 5.73 Å². The Kier molecular flexibility index (Phi) is 13.2. The Bertz CT molecular complexity index is 388. The highest BCUT2D eigenvalue weighted by atomic mass is 16.2. The molecule has 0 unspecified atom stereocenters. The highest BCUT2D eigenvalue weighted by molar-refractivity contribution is 5.92. The summed E-state index contributed by atoms with van der Waals surface area (Å²) in [5.41, 5.74) is 6.28. The molecule has 0 fully saturated rings. The lowest BCUT2D eigenvalue weighted by Crippen LogP contribution is -2.31. The summed E-state index contributed by atoms with van der Waals surface area (Å²) in [5.74, 6) is -0.421. The maximum absolute atomic E-state index is 10.9. The van der Waals surface area contributed by atoms with Gasteiger partial charge in [0.1, 0.15) is 0 Å². The molecule has 6 nitrogen and oxygen atoms in total. The van der Waals surface area contributed by atoms with E-state index in [1.165, 1.54) is 0 Å². The van der Waals surface area contributed by atoms with E-state index in [2.05, 4.69) is 18.8 Å². The second kappa shape index (κ2) is 12.9. The van der Waals surface area contributed by atoms with Gasteiger partial charge in [0.2, 0.25) is 5.91 Å². The van der Waals surface area contributed by atoms with Crippen LogP contribution in [0.25, 0.3) is 0 Å². The van der Waals surface area contributed by atoms with Gasteiger partial charge >= 0.3 is 0 Å². The number of carbonyl (C=O) groups excluding carboxylic acids is 2. The van der Waals surface area contributed by atoms with Crippen LogP contribution in [-0.2, 0) is 9.59 Å². The van der Waals surface area contributed by atoms with Crippen molar-refractivity contribution in [1.82, 2.24) is 15.1 Å². The average Bonchev–Trinajstić information content (AvgIpc) is 2.38. The van der Waals surface area contributed by atoms with Gasteiger partial charge < -0.3 is 20.9 Å². The summed E-state index contributed by atoms with van der Waals surface area (Å²) in [5, 5.41) is 2.73. The summed E-state index contributed by atoms with van der Waals surface area (Å²) in [6.45, 7) is 8.83. The van der Waals surface area contributed by atoms with E-state index in [0.29, 0.717) is 17.8 Å². The van der Waals surface area contributed by atoms with Crippen LogP contribution >= 0.6 is 0 Å². The average molecular weight is 312 g/mol. The van der Waals surface area contributed by atoms with Gasteiger partial charge in [-0.25, -0.2) is 0 Å². The zero-order chi connectivity index (χ0) is 17.7. The van der Waals surface area contributed by atoms with Crippen LogP contribution in [0.3, 0.4) is 0 Å². The van der Waals surface area contributed by atoms with E-state index in [1.807, 2.05) is 39.2 Å². The SMILES string of the molecule is C=C(C)C(=O)NCCN(C)C.CCC/C=C(\C(N)=O)N(C)C. The Hall–Kier alpha value is -1.82. The van der Waals surface area contributed by atoms with E-state index in [1.54, 1.807) is 11.8 Å². The number of nitrogens with one attached hydrogen (secondary N) is 1. The molecular weight excluding hydrogens is 280 g/mol. The summed E-state index contributed by atoms with van der Waals surface area (Å²) in [6.07, 6.45) is 3.80. The number of hydrogen-bond acceptors (Lipinski definition) is 4. The van der Waals surface area contributed by atoms with Gasteiger partial charge in [-0.1, -0.05) is 26.0 Å². The minimum Gasteiger partial charge on any atom is -0.373 e. The Morgan fingerprint density at radius 3 is 2.09 bits per heavy atom. The summed E-state index contributed by atoms with van der Waals surface area (Å²) >= 11 is 0. The summed E-state index contributed by atoms with van der Waals surface area (Å²) in [7, 11) is 7.55. The lowest BCUT2D eigenvalue weighted by Gasteiger charge is -2.13. The molecule has 22 heavy (non-hydrogen) atoms. The van der Waals surface area contributed by atoms with E-state index >= 15 is 0 Å². The van der Waals surface area contributed by atoms with Crippen molar-refractivity contribution in [2.45, 2.75) is 26.7 Å². The van der Waals surface area contributed by atoms with Gasteiger partial charge in [-0.2, -0.15) is 0 Å². The van der Waals surface area contributed by atoms with E-state index in [0.717, 1.165) is 19.4 Å². The minimum atomic E-state index is -0.358. The maximum Gasteiger partial charge on any atom is 0.264 e. The van der Waals surface area contributed by atoms with Crippen molar-refractivity contribution in [1.29, 1.82) is 0 Å². The van der Waals surface area contributed by atoms with Crippen molar-refractivity contribution in [3.63, 3.8) is 0 Å². The summed E-state index contributed by atoms with van der Waals surface area (Å²) in [6, 6.07) is 0. The molecule has 0 bridgehead atoms. The lowest BCUT2D eigenvalue weighted by molar-refractivity contribution is -0.117. The molecule has 0 radical (unpaired) electrons. The normalized spacial score (nSPS) is 10.6. The van der Waals surface area contributed by atoms with Crippen LogP contribution in [0.5, 0.6) is 0 Å². The van der Waals surface area contributed by atoms with Crippen LogP contribution in [-0.4, -0.2) is 62.9 Å². The number of hydrogen-bond donors (Lipinski definition) is 2. The first kappa shape index (κ1) is 22.5. The number of primary amides is 1. The van der Waals surface area contributed by atoms with Gasteiger partial charge in [-0.15, -0.1) is 0 Å². The number of allylic oxidation sites excluding steroid dienone is 1. The van der Waals surface area contributed by atoms with Gasteiger partial charge in [-0.3, -0.25) is 9.59 Å². The highest BCUT2D eigenvalue weighted by Gasteiger charge is 2.04. The monoisotopic (exact) mass is 312 g/mol. The van der Waals surface area contributed by atoms with Crippen molar-refractivity contribution in [3.8, 4) is 0 Å². The molecule has 0 saturated carbocycles. The predicted octanol–water partition coefficient (Wildman–Crippen LogP) is 0.958. The quantitative estimate of drug-likeness (QED) is 0.654. The van der Waals surface area contributed by atoms with Gasteiger partial charge in [-0.05, 0) is 27.4 Å². The smallest absolute Gasteiger partial charge is 0.264 e. The molecule has 2 amide bonds. The molecule has 128 valence electrons. The molecule has 0 aromatic carbocycles. The number of unbranched alkanes of at least 4 members (excludes halogenated alkanes) is 1.